The van der Waals surface area contributed by atoms with E-state index in [1.54, 1.807) is 6.26 Å². The van der Waals surface area contributed by atoms with Crippen molar-refractivity contribution in [3.63, 3.8) is 0 Å². The third-order valence-electron chi connectivity index (χ3n) is 4.69. The molecule has 1 fully saturated rings. The molecule has 1 amide bonds. The van der Waals surface area contributed by atoms with Crippen LogP contribution in [0.25, 0.3) is 11.6 Å². The van der Waals surface area contributed by atoms with Crippen molar-refractivity contribution in [1.29, 1.82) is 0 Å². The number of nitrogens with zero attached hydrogens (tertiary/aromatic N) is 4. The highest BCUT2D eigenvalue weighted by Gasteiger charge is 2.26. The number of furan rings is 1. The van der Waals surface area contributed by atoms with E-state index in [1.165, 1.54) is 11.8 Å². The van der Waals surface area contributed by atoms with Gasteiger partial charge in [0.25, 0.3) is 0 Å². The van der Waals surface area contributed by atoms with Gasteiger partial charge in [0.05, 0.1) is 18.1 Å². The number of hydrogen-bond donors (Lipinski definition) is 0. The summed E-state index contributed by atoms with van der Waals surface area (Å²) in [6, 6.07) is 13.9. The molecule has 1 atom stereocenters. The highest BCUT2D eigenvalue weighted by molar-refractivity contribution is 8.00. The van der Waals surface area contributed by atoms with Crippen molar-refractivity contribution in [3.05, 3.63) is 54.3 Å². The van der Waals surface area contributed by atoms with Gasteiger partial charge in [-0.3, -0.25) is 9.36 Å². The van der Waals surface area contributed by atoms with Gasteiger partial charge in [0.15, 0.2) is 10.9 Å². The van der Waals surface area contributed by atoms with Crippen LogP contribution in [0.4, 0.5) is 0 Å². The minimum atomic E-state index is -0.203. The number of carbonyl (C=O) groups excluding carboxylic acids is 1. The topological polar surface area (TPSA) is 64.2 Å². The molecule has 4 rings (SSSR count). The zero-order chi connectivity index (χ0) is 18.6. The summed E-state index contributed by atoms with van der Waals surface area (Å²) >= 11 is 1.46. The molecule has 0 radical (unpaired) electrons. The van der Waals surface area contributed by atoms with E-state index in [-0.39, 0.29) is 11.2 Å². The molecule has 3 aromatic rings. The summed E-state index contributed by atoms with van der Waals surface area (Å²) in [4.78, 5) is 14.6. The third-order valence-corrected chi connectivity index (χ3v) is 5.76. The van der Waals surface area contributed by atoms with Crippen LogP contribution in [0.2, 0.25) is 0 Å². The second-order valence-electron chi connectivity index (χ2n) is 6.65. The fraction of sp³-hybridized carbons (Fsp3) is 0.350. The molecule has 6 nitrogen and oxygen atoms in total. The molecular formula is C20H22N4O2S. The number of amides is 1. The predicted molar refractivity (Wildman–Crippen MR) is 104 cm³/mol. The van der Waals surface area contributed by atoms with Gasteiger partial charge in [-0.15, -0.1) is 10.2 Å². The van der Waals surface area contributed by atoms with Crippen molar-refractivity contribution in [2.75, 3.05) is 13.1 Å². The summed E-state index contributed by atoms with van der Waals surface area (Å²) in [5.74, 6) is 1.52. The second-order valence-corrected chi connectivity index (χ2v) is 7.96. The molecule has 1 aliphatic heterocycles. The van der Waals surface area contributed by atoms with Crippen LogP contribution in [0.15, 0.2) is 58.3 Å². The number of carbonyl (C=O) groups is 1. The first-order chi connectivity index (χ1) is 13.2. The lowest BCUT2D eigenvalue weighted by molar-refractivity contribution is -0.129. The van der Waals surface area contributed by atoms with E-state index in [4.69, 9.17) is 4.42 Å². The normalized spacial score (nSPS) is 15.2. The maximum absolute atomic E-state index is 12.7. The van der Waals surface area contributed by atoms with Crippen molar-refractivity contribution in [3.8, 4) is 11.6 Å². The van der Waals surface area contributed by atoms with Gasteiger partial charge in [-0.1, -0.05) is 42.1 Å². The van der Waals surface area contributed by atoms with Crippen molar-refractivity contribution in [2.45, 2.75) is 36.7 Å². The Morgan fingerprint density at radius 1 is 1.15 bits per heavy atom. The minimum Gasteiger partial charge on any atom is -0.461 e. The van der Waals surface area contributed by atoms with Gasteiger partial charge in [-0.25, -0.2) is 0 Å². The number of hydrogen-bond acceptors (Lipinski definition) is 5. The number of likely N-dealkylation sites (tertiary alicyclic amines) is 1. The van der Waals surface area contributed by atoms with E-state index in [0.29, 0.717) is 18.1 Å². The zero-order valence-corrected chi connectivity index (χ0v) is 16.1. The summed E-state index contributed by atoms with van der Waals surface area (Å²) in [5, 5.41) is 9.23. The molecule has 27 heavy (non-hydrogen) atoms. The molecule has 0 saturated carbocycles. The summed E-state index contributed by atoms with van der Waals surface area (Å²) in [5.41, 5.74) is 1.14. The smallest absolute Gasteiger partial charge is 0.235 e. The molecule has 3 heterocycles. The Morgan fingerprint density at radius 3 is 2.63 bits per heavy atom. The number of aromatic nitrogens is 3. The van der Waals surface area contributed by atoms with Crippen LogP contribution in [0.1, 0.15) is 25.3 Å². The van der Waals surface area contributed by atoms with Gasteiger partial charge in [0.1, 0.15) is 0 Å². The Labute approximate surface area is 162 Å². The first-order valence-corrected chi connectivity index (χ1v) is 10.1. The van der Waals surface area contributed by atoms with Crippen LogP contribution in [0.3, 0.4) is 0 Å². The van der Waals surface area contributed by atoms with Crippen molar-refractivity contribution in [1.82, 2.24) is 19.7 Å². The Hall–Kier alpha value is -2.54. The molecule has 0 N–H and O–H groups in total. The quantitative estimate of drug-likeness (QED) is 0.609. The highest BCUT2D eigenvalue weighted by Crippen LogP contribution is 2.29. The molecule has 7 heteroatoms. The number of thioether (sulfide) groups is 1. The van der Waals surface area contributed by atoms with Crippen LogP contribution in [0.5, 0.6) is 0 Å². The molecule has 0 bridgehead atoms. The standard InChI is InChI=1S/C20H22N4O2S/c1-15(19(25)23-11-5-6-12-23)27-20-22-21-18(17-10-7-13-26-17)24(20)14-16-8-3-2-4-9-16/h2-4,7-10,13,15H,5-6,11-12,14H2,1H3/t15-/m1/s1. The van der Waals surface area contributed by atoms with Gasteiger partial charge >= 0.3 is 0 Å². The Bertz CT molecular complexity index is 886. The molecule has 140 valence electrons. The second kappa shape index (κ2) is 8.00. The van der Waals surface area contributed by atoms with E-state index >= 15 is 0 Å². The number of rotatable bonds is 6. The Morgan fingerprint density at radius 2 is 1.93 bits per heavy atom. The Kier molecular flexibility index (Phi) is 5.29. The average molecular weight is 382 g/mol. The van der Waals surface area contributed by atoms with Gasteiger partial charge in [0.2, 0.25) is 11.7 Å². The molecular weight excluding hydrogens is 360 g/mol. The average Bonchev–Trinajstić information content (AvgIpc) is 3.45. The van der Waals surface area contributed by atoms with Gasteiger partial charge in [-0.05, 0) is 37.5 Å². The SMILES string of the molecule is C[C@@H](Sc1nnc(-c2ccco2)n1Cc1ccccc1)C(=O)N1CCCC1. The zero-order valence-electron chi connectivity index (χ0n) is 15.2. The van der Waals surface area contributed by atoms with Crippen LogP contribution in [-0.4, -0.2) is 43.9 Å². The fourth-order valence-corrected chi connectivity index (χ4v) is 4.21. The summed E-state index contributed by atoms with van der Waals surface area (Å²) in [7, 11) is 0. The monoisotopic (exact) mass is 382 g/mol. The van der Waals surface area contributed by atoms with E-state index in [9.17, 15) is 4.79 Å². The molecule has 2 aromatic heterocycles. The van der Waals surface area contributed by atoms with Gasteiger partial charge < -0.3 is 9.32 Å². The van der Waals surface area contributed by atoms with E-state index in [1.807, 2.05) is 46.7 Å². The molecule has 1 aliphatic rings. The van der Waals surface area contributed by atoms with Gasteiger partial charge in [0, 0.05) is 13.1 Å². The lowest BCUT2D eigenvalue weighted by Gasteiger charge is -2.20. The van der Waals surface area contributed by atoms with Gasteiger partial charge in [-0.2, -0.15) is 0 Å². The molecule has 1 aromatic carbocycles. The molecule has 0 aliphatic carbocycles. The van der Waals surface area contributed by atoms with Crippen molar-refractivity contribution >= 4 is 17.7 Å². The van der Waals surface area contributed by atoms with Crippen LogP contribution >= 0.6 is 11.8 Å². The lowest BCUT2D eigenvalue weighted by Crippen LogP contribution is -2.34. The minimum absolute atomic E-state index is 0.173. The van der Waals surface area contributed by atoms with Crippen LogP contribution in [0, 0.1) is 0 Å². The molecule has 1 saturated heterocycles. The van der Waals surface area contributed by atoms with E-state index < -0.39 is 0 Å². The largest absolute Gasteiger partial charge is 0.461 e. The maximum atomic E-state index is 12.7. The van der Waals surface area contributed by atoms with E-state index in [0.717, 1.165) is 36.7 Å². The number of benzene rings is 1. The highest BCUT2D eigenvalue weighted by atomic mass is 32.2. The molecule has 0 spiro atoms. The van der Waals surface area contributed by atoms with Crippen LogP contribution in [-0.2, 0) is 11.3 Å². The third kappa shape index (κ3) is 3.93. The summed E-state index contributed by atoms with van der Waals surface area (Å²) < 4.78 is 7.56. The Balaban J connectivity index is 1.60. The summed E-state index contributed by atoms with van der Waals surface area (Å²) in [6.45, 7) is 4.28. The van der Waals surface area contributed by atoms with Crippen molar-refractivity contribution in [2.24, 2.45) is 0 Å². The van der Waals surface area contributed by atoms with Crippen molar-refractivity contribution < 1.29 is 9.21 Å². The predicted octanol–water partition coefficient (Wildman–Crippen LogP) is 3.69. The summed E-state index contributed by atoms with van der Waals surface area (Å²) in [6.07, 6.45) is 3.81. The first-order valence-electron chi connectivity index (χ1n) is 9.19. The first kappa shape index (κ1) is 17.9. The van der Waals surface area contributed by atoms with Crippen LogP contribution < -0.4 is 0 Å². The lowest BCUT2D eigenvalue weighted by atomic mass is 10.2. The van der Waals surface area contributed by atoms with E-state index in [2.05, 4.69) is 22.3 Å². The molecule has 0 unspecified atom stereocenters. The maximum Gasteiger partial charge on any atom is 0.235 e. The fourth-order valence-electron chi connectivity index (χ4n) is 3.28.